The maximum atomic E-state index is 11.0. The first-order chi connectivity index (χ1) is 9.04. The van der Waals surface area contributed by atoms with E-state index in [1.165, 1.54) is 5.56 Å². The summed E-state index contributed by atoms with van der Waals surface area (Å²) < 4.78 is 0. The van der Waals surface area contributed by atoms with E-state index in [2.05, 4.69) is 54.2 Å². The van der Waals surface area contributed by atoms with Gasteiger partial charge in [0.1, 0.15) is 0 Å². The van der Waals surface area contributed by atoms with E-state index in [0.717, 1.165) is 25.9 Å². The molecule has 0 unspecified atom stereocenters. The number of hydrogen-bond donors (Lipinski definition) is 1. The summed E-state index contributed by atoms with van der Waals surface area (Å²) in [6.45, 7) is 2.20. The molecule has 1 amide bonds. The zero-order valence-electron chi connectivity index (χ0n) is 11.8. The molecule has 0 bridgehead atoms. The molecule has 1 saturated heterocycles. The van der Waals surface area contributed by atoms with Gasteiger partial charge in [0.2, 0.25) is 5.91 Å². The lowest BCUT2D eigenvalue weighted by Crippen LogP contribution is -2.51. The van der Waals surface area contributed by atoms with Gasteiger partial charge in [-0.3, -0.25) is 14.6 Å². The normalized spacial score (nSPS) is 19.5. The fourth-order valence-corrected chi connectivity index (χ4v) is 3.04. The van der Waals surface area contributed by atoms with Gasteiger partial charge in [-0.15, -0.1) is 0 Å². The van der Waals surface area contributed by atoms with E-state index in [1.807, 2.05) is 0 Å². The zero-order valence-corrected chi connectivity index (χ0v) is 11.8. The van der Waals surface area contributed by atoms with Crippen molar-refractivity contribution in [2.45, 2.75) is 18.4 Å². The highest BCUT2D eigenvalue weighted by Crippen LogP contribution is 2.37. The molecule has 0 saturated carbocycles. The van der Waals surface area contributed by atoms with E-state index in [0.29, 0.717) is 6.54 Å². The van der Waals surface area contributed by atoms with Crippen LogP contribution in [0.1, 0.15) is 18.4 Å². The highest BCUT2D eigenvalue weighted by atomic mass is 16.1. The van der Waals surface area contributed by atoms with Crippen LogP contribution in [0.25, 0.3) is 0 Å². The van der Waals surface area contributed by atoms with Crippen molar-refractivity contribution < 1.29 is 4.79 Å². The number of rotatable bonds is 4. The summed E-state index contributed by atoms with van der Waals surface area (Å²) in [4.78, 5) is 15.5. The molecule has 4 heteroatoms. The number of primary amides is 1. The Bertz CT molecular complexity index is 422. The molecule has 1 aliphatic heterocycles. The van der Waals surface area contributed by atoms with E-state index >= 15 is 0 Å². The predicted octanol–water partition coefficient (Wildman–Crippen LogP) is 1.02. The van der Waals surface area contributed by atoms with Crippen molar-refractivity contribution in [1.29, 1.82) is 0 Å². The maximum absolute atomic E-state index is 11.0. The topological polar surface area (TPSA) is 49.6 Å². The lowest BCUT2D eigenvalue weighted by atomic mass is 9.80. The number of amides is 1. The Morgan fingerprint density at radius 1 is 1.26 bits per heavy atom. The molecule has 104 valence electrons. The molecule has 19 heavy (non-hydrogen) atoms. The van der Waals surface area contributed by atoms with Crippen LogP contribution in [0.5, 0.6) is 0 Å². The Morgan fingerprint density at radius 2 is 1.84 bits per heavy atom. The minimum atomic E-state index is -0.239. The molecule has 1 heterocycles. The van der Waals surface area contributed by atoms with Crippen molar-refractivity contribution >= 4 is 5.91 Å². The minimum absolute atomic E-state index is 0.0788. The van der Waals surface area contributed by atoms with Crippen molar-refractivity contribution in [3.63, 3.8) is 0 Å². The van der Waals surface area contributed by atoms with Gasteiger partial charge >= 0.3 is 0 Å². The number of nitrogens with zero attached hydrogens (tertiary/aromatic N) is 2. The number of carbonyl (C=O) groups excluding carboxylic acids is 1. The van der Waals surface area contributed by atoms with Gasteiger partial charge in [-0.25, -0.2) is 0 Å². The van der Waals surface area contributed by atoms with E-state index in [4.69, 9.17) is 5.73 Å². The number of likely N-dealkylation sites (tertiary alicyclic amines) is 1. The molecule has 0 spiro atoms. The van der Waals surface area contributed by atoms with Crippen molar-refractivity contribution in [1.82, 2.24) is 9.80 Å². The highest BCUT2D eigenvalue weighted by Gasteiger charge is 2.38. The summed E-state index contributed by atoms with van der Waals surface area (Å²) in [6, 6.07) is 10.6. The summed E-state index contributed by atoms with van der Waals surface area (Å²) in [5.41, 5.74) is 6.71. The third kappa shape index (κ3) is 2.96. The van der Waals surface area contributed by atoms with Crippen molar-refractivity contribution in [3.05, 3.63) is 35.9 Å². The number of nitrogens with two attached hydrogens (primary N) is 1. The van der Waals surface area contributed by atoms with Crippen molar-refractivity contribution in [2.24, 2.45) is 5.73 Å². The van der Waals surface area contributed by atoms with Crippen LogP contribution in [0.2, 0.25) is 0 Å². The third-order valence-electron chi connectivity index (χ3n) is 4.23. The smallest absolute Gasteiger partial charge is 0.231 e. The molecular formula is C15H23N3O. The fraction of sp³-hybridized carbons (Fsp3) is 0.533. The van der Waals surface area contributed by atoms with Gasteiger partial charge in [0.05, 0.1) is 6.54 Å². The molecule has 1 aromatic carbocycles. The Morgan fingerprint density at radius 3 is 2.32 bits per heavy atom. The zero-order chi connectivity index (χ0) is 13.9. The monoisotopic (exact) mass is 261 g/mol. The third-order valence-corrected chi connectivity index (χ3v) is 4.23. The molecule has 1 aliphatic rings. The average molecular weight is 261 g/mol. The summed E-state index contributed by atoms with van der Waals surface area (Å²) in [5, 5.41) is 0. The SMILES string of the molecule is CN(C)C1(c2ccccc2)CCN(CC(N)=O)CC1. The average Bonchev–Trinajstić information content (AvgIpc) is 2.40. The van der Waals surface area contributed by atoms with Crippen LogP contribution in [0.4, 0.5) is 0 Å². The van der Waals surface area contributed by atoms with Gasteiger partial charge < -0.3 is 5.73 Å². The van der Waals surface area contributed by atoms with Crippen LogP contribution < -0.4 is 5.73 Å². The summed E-state index contributed by atoms with van der Waals surface area (Å²) in [6.07, 6.45) is 2.05. The molecule has 4 nitrogen and oxygen atoms in total. The van der Waals surface area contributed by atoms with Crippen LogP contribution in [0.3, 0.4) is 0 Å². The van der Waals surface area contributed by atoms with Crippen LogP contribution in [-0.4, -0.2) is 49.4 Å². The first kappa shape index (κ1) is 14.0. The minimum Gasteiger partial charge on any atom is -0.369 e. The summed E-state index contributed by atoms with van der Waals surface area (Å²) in [7, 11) is 4.27. The van der Waals surface area contributed by atoms with Crippen LogP contribution in [-0.2, 0) is 10.3 Å². The second kappa shape index (κ2) is 5.72. The molecule has 2 rings (SSSR count). The Hall–Kier alpha value is -1.39. The number of hydrogen-bond acceptors (Lipinski definition) is 3. The first-order valence-electron chi connectivity index (χ1n) is 6.78. The van der Waals surface area contributed by atoms with Gasteiger partial charge in [-0.05, 0) is 32.5 Å². The molecule has 2 N–H and O–H groups in total. The number of carbonyl (C=O) groups is 1. The van der Waals surface area contributed by atoms with Crippen LogP contribution in [0.15, 0.2) is 30.3 Å². The summed E-state index contributed by atoms with van der Waals surface area (Å²) >= 11 is 0. The number of benzene rings is 1. The lowest BCUT2D eigenvalue weighted by molar-refractivity contribution is -0.119. The van der Waals surface area contributed by atoms with E-state index in [1.54, 1.807) is 0 Å². The van der Waals surface area contributed by atoms with Gasteiger partial charge in [0, 0.05) is 18.6 Å². The summed E-state index contributed by atoms with van der Waals surface area (Å²) in [5.74, 6) is -0.239. The van der Waals surface area contributed by atoms with Crippen LogP contribution in [0, 0.1) is 0 Å². The van der Waals surface area contributed by atoms with Gasteiger partial charge in [0.25, 0.3) is 0 Å². The molecular weight excluding hydrogens is 238 g/mol. The Balaban J connectivity index is 2.14. The van der Waals surface area contributed by atoms with E-state index in [-0.39, 0.29) is 11.4 Å². The second-order valence-electron chi connectivity index (χ2n) is 5.53. The lowest BCUT2D eigenvalue weighted by Gasteiger charge is -2.46. The molecule has 0 aromatic heterocycles. The fourth-order valence-electron chi connectivity index (χ4n) is 3.04. The molecule has 0 atom stereocenters. The largest absolute Gasteiger partial charge is 0.369 e. The van der Waals surface area contributed by atoms with Gasteiger partial charge in [-0.2, -0.15) is 0 Å². The maximum Gasteiger partial charge on any atom is 0.231 e. The molecule has 0 radical (unpaired) electrons. The van der Waals surface area contributed by atoms with E-state index < -0.39 is 0 Å². The Labute approximate surface area is 115 Å². The second-order valence-corrected chi connectivity index (χ2v) is 5.53. The molecule has 0 aliphatic carbocycles. The molecule has 1 fully saturated rings. The Kier molecular flexibility index (Phi) is 4.22. The predicted molar refractivity (Wildman–Crippen MR) is 76.7 cm³/mol. The van der Waals surface area contributed by atoms with Gasteiger partial charge in [-0.1, -0.05) is 30.3 Å². The van der Waals surface area contributed by atoms with E-state index in [9.17, 15) is 4.79 Å². The highest BCUT2D eigenvalue weighted by molar-refractivity contribution is 5.75. The van der Waals surface area contributed by atoms with Gasteiger partial charge in [0.15, 0.2) is 0 Å². The number of piperidine rings is 1. The molecule has 1 aromatic rings. The standard InChI is InChI=1S/C15H23N3O/c1-17(2)15(13-6-4-3-5-7-13)8-10-18(11-9-15)12-14(16)19/h3-7H,8-12H2,1-2H3,(H2,16,19). The van der Waals surface area contributed by atoms with Crippen LogP contribution >= 0.6 is 0 Å². The first-order valence-corrected chi connectivity index (χ1v) is 6.78. The van der Waals surface area contributed by atoms with Crippen molar-refractivity contribution in [3.8, 4) is 0 Å². The quantitative estimate of drug-likeness (QED) is 0.880. The van der Waals surface area contributed by atoms with Crippen molar-refractivity contribution in [2.75, 3.05) is 33.7 Å².